The van der Waals surface area contributed by atoms with E-state index in [4.69, 9.17) is 4.74 Å². The molecule has 0 saturated heterocycles. The maximum absolute atomic E-state index is 13.7. The summed E-state index contributed by atoms with van der Waals surface area (Å²) >= 11 is 0. The van der Waals surface area contributed by atoms with Crippen LogP contribution in [-0.4, -0.2) is 26.6 Å². The van der Waals surface area contributed by atoms with E-state index in [1.54, 1.807) is 0 Å². The molecule has 0 atom stereocenters. The van der Waals surface area contributed by atoms with Crippen LogP contribution in [0.1, 0.15) is 11.4 Å². The van der Waals surface area contributed by atoms with E-state index in [1.807, 2.05) is 0 Å². The van der Waals surface area contributed by atoms with Crippen molar-refractivity contribution in [3.63, 3.8) is 0 Å². The third-order valence-electron chi connectivity index (χ3n) is 4.46. The number of anilines is 1. The summed E-state index contributed by atoms with van der Waals surface area (Å²) in [6.07, 6.45) is -2.37. The van der Waals surface area contributed by atoms with Gasteiger partial charge in [-0.05, 0) is 18.2 Å². The number of alkyl halides is 3. The van der Waals surface area contributed by atoms with Gasteiger partial charge in [0, 0.05) is 24.2 Å². The molecule has 0 bridgehead atoms. The molecule has 0 radical (unpaired) electrons. The predicted octanol–water partition coefficient (Wildman–Crippen LogP) is 4.73. The van der Waals surface area contributed by atoms with Crippen molar-refractivity contribution in [1.29, 1.82) is 0 Å². The normalized spacial score (nSPS) is 11.7. The summed E-state index contributed by atoms with van der Waals surface area (Å²) in [7, 11) is 1.40. The summed E-state index contributed by atoms with van der Waals surface area (Å²) in [6, 6.07) is 7.50. The number of hydrogen-bond acceptors (Lipinski definition) is 5. The van der Waals surface area contributed by atoms with E-state index in [-0.39, 0.29) is 34.8 Å². The van der Waals surface area contributed by atoms with Crippen molar-refractivity contribution in [3.8, 4) is 11.6 Å². The molecule has 0 aliphatic rings. The molecule has 0 fully saturated rings. The lowest BCUT2D eigenvalue weighted by molar-refractivity contribution is -0.145. The number of benzene rings is 2. The summed E-state index contributed by atoms with van der Waals surface area (Å²) in [5.41, 5.74) is 0.458. The minimum Gasteiger partial charge on any atom is -0.497 e. The fourth-order valence-corrected chi connectivity index (χ4v) is 2.99. The topological polar surface area (TPSA) is 64.9 Å². The maximum atomic E-state index is 13.7. The first-order valence-electron chi connectivity index (χ1n) is 8.90. The Morgan fingerprint density at radius 1 is 1.03 bits per heavy atom. The zero-order valence-corrected chi connectivity index (χ0v) is 15.9. The minimum atomic E-state index is -4.73. The first-order chi connectivity index (χ1) is 14.8. The monoisotopic (exact) mass is 435 g/mol. The smallest absolute Gasteiger partial charge is 0.450 e. The first-order valence-corrected chi connectivity index (χ1v) is 8.90. The molecule has 2 aromatic heterocycles. The quantitative estimate of drug-likeness (QED) is 0.459. The van der Waals surface area contributed by atoms with Crippen molar-refractivity contribution in [2.75, 3.05) is 12.4 Å². The number of nitrogens with one attached hydrogen (secondary N) is 1. The molecular weight excluding hydrogens is 421 g/mol. The number of ether oxygens (including phenoxy) is 1. The fraction of sp³-hybridized carbons (Fsp3) is 0.150. The second-order valence-corrected chi connectivity index (χ2v) is 6.47. The van der Waals surface area contributed by atoms with Crippen molar-refractivity contribution >= 4 is 16.9 Å². The summed E-state index contributed by atoms with van der Waals surface area (Å²) in [6.45, 7) is -0.0122. The van der Waals surface area contributed by atoms with E-state index < -0.39 is 23.6 Å². The Bertz CT molecular complexity index is 1240. The molecule has 2 aromatic carbocycles. The van der Waals surface area contributed by atoms with Crippen molar-refractivity contribution in [2.24, 2.45) is 0 Å². The molecule has 6 nitrogen and oxygen atoms in total. The average molecular weight is 435 g/mol. The number of halogens is 5. The Balaban J connectivity index is 1.65. The van der Waals surface area contributed by atoms with Crippen LogP contribution in [0.15, 0.2) is 48.8 Å². The Hall–Kier alpha value is -3.76. The van der Waals surface area contributed by atoms with Gasteiger partial charge in [-0.15, -0.1) is 0 Å². The van der Waals surface area contributed by atoms with Gasteiger partial charge in [-0.1, -0.05) is 6.07 Å². The second kappa shape index (κ2) is 7.82. The van der Waals surface area contributed by atoms with Crippen LogP contribution in [0.5, 0.6) is 5.75 Å². The van der Waals surface area contributed by atoms with Crippen molar-refractivity contribution in [2.45, 2.75) is 12.7 Å². The minimum absolute atomic E-state index is 0.0122. The van der Waals surface area contributed by atoms with Crippen LogP contribution in [0.25, 0.3) is 16.9 Å². The predicted molar refractivity (Wildman–Crippen MR) is 102 cm³/mol. The van der Waals surface area contributed by atoms with E-state index >= 15 is 0 Å². The molecule has 4 rings (SSSR count). The Morgan fingerprint density at radius 3 is 2.48 bits per heavy atom. The van der Waals surface area contributed by atoms with Crippen LogP contribution < -0.4 is 10.1 Å². The zero-order chi connectivity index (χ0) is 22.2. The molecule has 1 N–H and O–H groups in total. The largest absolute Gasteiger partial charge is 0.497 e. The van der Waals surface area contributed by atoms with Gasteiger partial charge in [0.05, 0.1) is 30.5 Å². The number of nitrogens with zero attached hydrogens (tertiary/aromatic N) is 4. The third-order valence-corrected chi connectivity index (χ3v) is 4.46. The van der Waals surface area contributed by atoms with Gasteiger partial charge in [0.25, 0.3) is 0 Å². The molecule has 4 aromatic rings. The van der Waals surface area contributed by atoms with Crippen LogP contribution in [0.3, 0.4) is 0 Å². The molecule has 0 aliphatic carbocycles. The standard InChI is InChI=1S/C20H14F5N5O/c1-31-13-4-5-16-15(7-13)29-19(20(23,24)25)30(16)18-10-27-17(9-28-18)26-8-11-2-3-12(21)6-14(11)22/h2-7,9-10H,8H2,1H3,(H,26,27). The summed E-state index contributed by atoms with van der Waals surface area (Å²) in [4.78, 5) is 11.8. The highest BCUT2D eigenvalue weighted by atomic mass is 19.4. The van der Waals surface area contributed by atoms with Crippen molar-refractivity contribution < 1.29 is 26.7 Å². The van der Waals surface area contributed by atoms with Gasteiger partial charge in [-0.2, -0.15) is 13.2 Å². The summed E-state index contributed by atoms with van der Waals surface area (Å²) < 4.78 is 73.3. The van der Waals surface area contributed by atoms with E-state index in [2.05, 4.69) is 20.3 Å². The second-order valence-electron chi connectivity index (χ2n) is 6.47. The van der Waals surface area contributed by atoms with Gasteiger partial charge in [-0.3, -0.25) is 4.57 Å². The maximum Gasteiger partial charge on any atom is 0.450 e. The lowest BCUT2D eigenvalue weighted by Gasteiger charge is -2.11. The van der Waals surface area contributed by atoms with E-state index in [1.165, 1.54) is 37.6 Å². The van der Waals surface area contributed by atoms with E-state index in [0.717, 1.165) is 22.9 Å². The van der Waals surface area contributed by atoms with Gasteiger partial charge in [0.15, 0.2) is 5.82 Å². The van der Waals surface area contributed by atoms with Gasteiger partial charge >= 0.3 is 6.18 Å². The Morgan fingerprint density at radius 2 is 1.84 bits per heavy atom. The molecular formula is C20H14F5N5O. The third kappa shape index (κ3) is 4.11. The van der Waals surface area contributed by atoms with Crippen molar-refractivity contribution in [3.05, 3.63) is 71.8 Å². The lowest BCUT2D eigenvalue weighted by Crippen LogP contribution is -2.15. The van der Waals surface area contributed by atoms with E-state index in [0.29, 0.717) is 5.75 Å². The van der Waals surface area contributed by atoms with Gasteiger partial charge in [-0.25, -0.2) is 23.7 Å². The molecule has 0 aliphatic heterocycles. The molecule has 0 saturated carbocycles. The molecule has 0 spiro atoms. The van der Waals surface area contributed by atoms with Crippen LogP contribution in [0.4, 0.5) is 27.8 Å². The SMILES string of the molecule is COc1ccc2c(c1)nc(C(F)(F)F)n2-c1cnc(NCc2ccc(F)cc2F)cn1. The van der Waals surface area contributed by atoms with Crippen LogP contribution in [0, 0.1) is 11.6 Å². The fourth-order valence-electron chi connectivity index (χ4n) is 2.99. The van der Waals surface area contributed by atoms with Gasteiger partial charge in [0.1, 0.15) is 23.2 Å². The van der Waals surface area contributed by atoms with Gasteiger partial charge in [0.2, 0.25) is 5.82 Å². The van der Waals surface area contributed by atoms with Crippen molar-refractivity contribution in [1.82, 2.24) is 19.5 Å². The summed E-state index contributed by atoms with van der Waals surface area (Å²) in [5, 5.41) is 2.79. The molecule has 31 heavy (non-hydrogen) atoms. The Labute approximate surface area is 172 Å². The first kappa shape index (κ1) is 20.5. The van der Waals surface area contributed by atoms with Crippen LogP contribution in [0.2, 0.25) is 0 Å². The van der Waals surface area contributed by atoms with Crippen LogP contribution >= 0.6 is 0 Å². The molecule has 160 valence electrons. The van der Waals surface area contributed by atoms with Crippen LogP contribution in [-0.2, 0) is 12.7 Å². The van der Waals surface area contributed by atoms with E-state index in [9.17, 15) is 22.0 Å². The summed E-state index contributed by atoms with van der Waals surface area (Å²) in [5.74, 6) is -2.11. The number of hydrogen-bond donors (Lipinski definition) is 1. The molecule has 0 amide bonds. The number of aromatic nitrogens is 4. The number of rotatable bonds is 5. The number of imidazole rings is 1. The highest BCUT2D eigenvalue weighted by Crippen LogP contribution is 2.34. The highest BCUT2D eigenvalue weighted by molar-refractivity contribution is 5.79. The molecule has 11 heteroatoms. The van der Waals surface area contributed by atoms with Gasteiger partial charge < -0.3 is 10.1 Å². The Kier molecular flexibility index (Phi) is 5.17. The number of methoxy groups -OCH3 is 1. The zero-order valence-electron chi connectivity index (χ0n) is 15.9. The molecule has 2 heterocycles. The molecule has 0 unspecified atom stereocenters. The number of fused-ring (bicyclic) bond motifs is 1. The average Bonchev–Trinajstić information content (AvgIpc) is 3.13. The lowest BCUT2D eigenvalue weighted by atomic mass is 10.2. The highest BCUT2D eigenvalue weighted by Gasteiger charge is 2.38.